The summed E-state index contributed by atoms with van der Waals surface area (Å²) in [7, 11) is 1.52. The first-order valence-corrected chi connectivity index (χ1v) is 10.7. The second-order valence-corrected chi connectivity index (χ2v) is 8.47. The molecule has 1 aliphatic rings. The van der Waals surface area contributed by atoms with Gasteiger partial charge in [-0.05, 0) is 55.4 Å². The molecule has 1 heterocycles. The highest BCUT2D eigenvalue weighted by Crippen LogP contribution is 2.33. The van der Waals surface area contributed by atoms with Crippen LogP contribution >= 0.6 is 11.3 Å². The smallest absolute Gasteiger partial charge is 0.339 e. The Hall–Kier alpha value is -2.87. The van der Waals surface area contributed by atoms with Crippen LogP contribution in [0.1, 0.15) is 39.7 Å². The SMILES string of the molecule is COc1ccc(C)cc1NC(=O)CNC(=O)COC(=O)c1csc2c1CCC(C)C2. The summed E-state index contributed by atoms with van der Waals surface area (Å²) in [5.41, 5.74) is 3.10. The monoisotopic (exact) mass is 430 g/mol. The second kappa shape index (κ2) is 9.75. The van der Waals surface area contributed by atoms with Crippen molar-refractivity contribution in [2.24, 2.45) is 5.92 Å². The van der Waals surface area contributed by atoms with Crippen molar-refractivity contribution in [2.75, 3.05) is 25.6 Å². The van der Waals surface area contributed by atoms with Crippen LogP contribution in [0.4, 0.5) is 5.69 Å². The van der Waals surface area contributed by atoms with Crippen LogP contribution in [0.3, 0.4) is 0 Å². The van der Waals surface area contributed by atoms with Crippen molar-refractivity contribution >= 4 is 34.8 Å². The van der Waals surface area contributed by atoms with Gasteiger partial charge in [0, 0.05) is 10.3 Å². The molecule has 8 heteroatoms. The minimum atomic E-state index is -0.535. The normalized spacial score (nSPS) is 15.1. The number of anilines is 1. The van der Waals surface area contributed by atoms with Crippen LogP contribution in [0.25, 0.3) is 0 Å². The van der Waals surface area contributed by atoms with Gasteiger partial charge in [0.2, 0.25) is 5.91 Å². The lowest BCUT2D eigenvalue weighted by Crippen LogP contribution is -2.35. The second-order valence-electron chi connectivity index (χ2n) is 7.50. The van der Waals surface area contributed by atoms with Gasteiger partial charge in [0.15, 0.2) is 6.61 Å². The average Bonchev–Trinajstić information content (AvgIpc) is 3.13. The molecule has 0 radical (unpaired) electrons. The van der Waals surface area contributed by atoms with E-state index >= 15 is 0 Å². The summed E-state index contributed by atoms with van der Waals surface area (Å²) in [5.74, 6) is -0.280. The van der Waals surface area contributed by atoms with Crippen LogP contribution in [-0.4, -0.2) is 38.0 Å². The van der Waals surface area contributed by atoms with E-state index in [0.717, 1.165) is 30.4 Å². The number of aryl methyl sites for hydroxylation is 1. The number of hydrogen-bond acceptors (Lipinski definition) is 6. The number of benzene rings is 1. The summed E-state index contributed by atoms with van der Waals surface area (Å²) in [6.07, 6.45) is 2.89. The van der Waals surface area contributed by atoms with Crippen molar-refractivity contribution in [1.29, 1.82) is 0 Å². The van der Waals surface area contributed by atoms with E-state index in [1.165, 1.54) is 12.0 Å². The zero-order valence-corrected chi connectivity index (χ0v) is 18.2. The summed E-state index contributed by atoms with van der Waals surface area (Å²) in [6, 6.07) is 5.41. The van der Waals surface area contributed by atoms with E-state index in [1.807, 2.05) is 18.4 Å². The van der Waals surface area contributed by atoms with Gasteiger partial charge in [-0.15, -0.1) is 11.3 Å². The van der Waals surface area contributed by atoms with Gasteiger partial charge in [-0.1, -0.05) is 13.0 Å². The molecular weight excluding hydrogens is 404 g/mol. The number of nitrogens with one attached hydrogen (secondary N) is 2. The van der Waals surface area contributed by atoms with Crippen LogP contribution < -0.4 is 15.4 Å². The van der Waals surface area contributed by atoms with Gasteiger partial charge in [-0.2, -0.15) is 0 Å². The van der Waals surface area contributed by atoms with Crippen LogP contribution in [0.2, 0.25) is 0 Å². The predicted octanol–water partition coefficient (Wildman–Crippen LogP) is 3.10. The van der Waals surface area contributed by atoms with Gasteiger partial charge < -0.3 is 20.1 Å². The molecule has 0 fully saturated rings. The maximum absolute atomic E-state index is 12.4. The number of hydrogen-bond donors (Lipinski definition) is 2. The summed E-state index contributed by atoms with van der Waals surface area (Å²) < 4.78 is 10.4. The van der Waals surface area contributed by atoms with E-state index in [2.05, 4.69) is 17.6 Å². The highest BCUT2D eigenvalue weighted by Gasteiger charge is 2.24. The van der Waals surface area contributed by atoms with Crippen molar-refractivity contribution in [3.8, 4) is 5.75 Å². The number of fused-ring (bicyclic) bond motifs is 1. The summed E-state index contributed by atoms with van der Waals surface area (Å²) in [4.78, 5) is 37.7. The van der Waals surface area contributed by atoms with Crippen LogP contribution in [0.5, 0.6) is 5.75 Å². The van der Waals surface area contributed by atoms with Gasteiger partial charge in [-0.3, -0.25) is 9.59 Å². The first kappa shape index (κ1) is 21.8. The molecular formula is C22H26N2O5S. The van der Waals surface area contributed by atoms with E-state index in [9.17, 15) is 14.4 Å². The quantitative estimate of drug-likeness (QED) is 0.659. The molecule has 0 saturated carbocycles. The van der Waals surface area contributed by atoms with Gasteiger partial charge in [0.25, 0.3) is 5.91 Å². The molecule has 1 unspecified atom stereocenters. The molecule has 7 nitrogen and oxygen atoms in total. The van der Waals surface area contributed by atoms with Crippen molar-refractivity contribution in [1.82, 2.24) is 5.32 Å². The van der Waals surface area contributed by atoms with Crippen molar-refractivity contribution in [3.05, 3.63) is 45.1 Å². The highest BCUT2D eigenvalue weighted by molar-refractivity contribution is 7.10. The molecule has 30 heavy (non-hydrogen) atoms. The lowest BCUT2D eigenvalue weighted by atomic mass is 9.88. The first-order valence-electron chi connectivity index (χ1n) is 9.85. The van der Waals surface area contributed by atoms with E-state index in [-0.39, 0.29) is 6.54 Å². The topological polar surface area (TPSA) is 93.7 Å². The molecule has 160 valence electrons. The van der Waals surface area contributed by atoms with Crippen molar-refractivity contribution < 1.29 is 23.9 Å². The molecule has 1 aromatic carbocycles. The van der Waals surface area contributed by atoms with E-state index in [4.69, 9.17) is 9.47 Å². The van der Waals surface area contributed by atoms with Gasteiger partial charge in [-0.25, -0.2) is 4.79 Å². The zero-order chi connectivity index (χ0) is 21.7. The Labute approximate surface area is 179 Å². The molecule has 1 aliphatic carbocycles. The molecule has 0 bridgehead atoms. The highest BCUT2D eigenvalue weighted by atomic mass is 32.1. The number of methoxy groups -OCH3 is 1. The predicted molar refractivity (Wildman–Crippen MR) is 115 cm³/mol. The Morgan fingerprint density at radius 1 is 1.23 bits per heavy atom. The summed E-state index contributed by atoms with van der Waals surface area (Å²) in [6.45, 7) is 3.44. The van der Waals surface area contributed by atoms with E-state index in [0.29, 0.717) is 22.9 Å². The van der Waals surface area contributed by atoms with Crippen molar-refractivity contribution in [2.45, 2.75) is 33.1 Å². The number of rotatable bonds is 7. The largest absolute Gasteiger partial charge is 0.495 e. The maximum Gasteiger partial charge on any atom is 0.339 e. The molecule has 2 amide bonds. The third-order valence-corrected chi connectivity index (χ3v) is 6.08. The summed E-state index contributed by atoms with van der Waals surface area (Å²) >= 11 is 1.57. The number of esters is 1. The van der Waals surface area contributed by atoms with Crippen LogP contribution in [0, 0.1) is 12.8 Å². The Balaban J connectivity index is 1.46. The van der Waals surface area contributed by atoms with Gasteiger partial charge in [0.1, 0.15) is 5.75 Å². The number of carbonyl (C=O) groups is 3. The fourth-order valence-corrected chi connectivity index (χ4v) is 4.63. The van der Waals surface area contributed by atoms with Crippen molar-refractivity contribution in [3.63, 3.8) is 0 Å². The minimum Gasteiger partial charge on any atom is -0.495 e. The Kier molecular flexibility index (Phi) is 7.10. The third-order valence-electron chi connectivity index (χ3n) is 5.03. The average molecular weight is 431 g/mol. The molecule has 1 aromatic heterocycles. The molecule has 0 aliphatic heterocycles. The summed E-state index contributed by atoms with van der Waals surface area (Å²) in [5, 5.41) is 6.97. The molecule has 0 saturated heterocycles. The lowest BCUT2D eigenvalue weighted by molar-refractivity contribution is -0.126. The number of thiophene rings is 1. The standard InChI is InChI=1S/C22H26N2O5S/c1-13-5-7-18(28-3)17(8-13)24-20(25)10-23-21(26)11-29-22(27)16-12-30-19-9-14(2)4-6-15(16)19/h5,7-8,12,14H,4,6,9-11H2,1-3H3,(H,23,26)(H,24,25). The number of amides is 2. The Morgan fingerprint density at radius 3 is 2.80 bits per heavy atom. The maximum atomic E-state index is 12.4. The zero-order valence-electron chi connectivity index (χ0n) is 17.4. The molecule has 3 rings (SSSR count). The fraction of sp³-hybridized carbons (Fsp3) is 0.409. The molecule has 1 atom stereocenters. The van der Waals surface area contributed by atoms with Crippen LogP contribution in [-0.2, 0) is 27.2 Å². The minimum absolute atomic E-state index is 0.237. The lowest BCUT2D eigenvalue weighted by Gasteiger charge is -2.18. The molecule has 0 spiro atoms. The molecule has 2 N–H and O–H groups in total. The number of carbonyl (C=O) groups excluding carboxylic acids is 3. The van der Waals surface area contributed by atoms with Gasteiger partial charge >= 0.3 is 5.97 Å². The van der Waals surface area contributed by atoms with Crippen LogP contribution in [0.15, 0.2) is 23.6 Å². The third kappa shape index (κ3) is 5.38. The van der Waals surface area contributed by atoms with E-state index < -0.39 is 24.4 Å². The molecule has 2 aromatic rings. The van der Waals surface area contributed by atoms with Gasteiger partial charge in [0.05, 0.1) is 24.9 Å². The fourth-order valence-electron chi connectivity index (χ4n) is 3.40. The Bertz CT molecular complexity index is 953. The van der Waals surface area contributed by atoms with E-state index in [1.54, 1.807) is 23.5 Å². The number of ether oxygens (including phenoxy) is 2. The Morgan fingerprint density at radius 2 is 2.03 bits per heavy atom. The first-order chi connectivity index (χ1) is 14.4.